The highest BCUT2D eigenvalue weighted by molar-refractivity contribution is 7.85. The molecule has 1 heterocycles. The molecule has 3 heteroatoms. The van der Waals surface area contributed by atoms with E-state index in [4.69, 9.17) is 11.2 Å². The summed E-state index contributed by atoms with van der Waals surface area (Å²) in [6, 6.07) is 0. The van der Waals surface area contributed by atoms with Crippen LogP contribution in [0.25, 0.3) is 0 Å². The highest BCUT2D eigenvalue weighted by atomic mass is 35.7. The van der Waals surface area contributed by atoms with Crippen LogP contribution in [0.2, 0.25) is 0 Å². The van der Waals surface area contributed by atoms with E-state index in [0.717, 1.165) is 0 Å². The Morgan fingerprint density at radius 1 is 1.42 bits per heavy atom. The van der Waals surface area contributed by atoms with Crippen LogP contribution in [-0.2, 0) is 0 Å². The largest absolute Gasteiger partial charge is 0.298 e. The summed E-state index contributed by atoms with van der Waals surface area (Å²) in [5, 5.41) is 0.292. The molecule has 12 heavy (non-hydrogen) atoms. The van der Waals surface area contributed by atoms with Crippen LogP contribution < -0.4 is 0 Å². The average Bonchev–Trinajstić information content (AvgIpc) is 2.31. The van der Waals surface area contributed by atoms with Crippen molar-refractivity contribution in [3.8, 4) is 0 Å². The van der Waals surface area contributed by atoms with E-state index in [1.807, 2.05) is 0 Å². The van der Waals surface area contributed by atoms with Gasteiger partial charge in [0, 0.05) is 13.1 Å². The maximum Gasteiger partial charge on any atom is 0.0439 e. The number of halogens is 1. The molecule has 2 unspecified atom stereocenters. The van der Waals surface area contributed by atoms with Gasteiger partial charge in [-0.3, -0.25) is 4.90 Å². The molecule has 0 spiro atoms. The molecule has 1 nitrogen and oxygen atoms in total. The Kier molecular flexibility index (Phi) is 3.42. The number of hydrogen-bond acceptors (Lipinski definition) is 1. The predicted molar refractivity (Wildman–Crippen MR) is 58.2 cm³/mol. The quantitative estimate of drug-likeness (QED) is 0.596. The highest BCUT2D eigenvalue weighted by Crippen LogP contribution is 2.60. The molecule has 0 aromatic heterocycles. The lowest BCUT2D eigenvalue weighted by atomic mass is 10.3. The number of likely N-dealkylation sites (tertiary alicyclic amines) is 1. The van der Waals surface area contributed by atoms with Crippen LogP contribution >= 0.6 is 18.5 Å². The van der Waals surface area contributed by atoms with Crippen molar-refractivity contribution in [2.24, 2.45) is 0 Å². The average molecular weight is 208 g/mol. The molecule has 1 rings (SSSR count). The normalized spacial score (nSPS) is 29.2. The first kappa shape index (κ1) is 10.8. The minimum Gasteiger partial charge on any atom is -0.298 e. The van der Waals surface area contributed by atoms with Crippen LogP contribution in [0.4, 0.5) is 0 Å². The Balaban J connectivity index is 2.57. The van der Waals surface area contributed by atoms with Crippen molar-refractivity contribution in [3.63, 3.8) is 0 Å². The van der Waals surface area contributed by atoms with Gasteiger partial charge >= 0.3 is 0 Å². The van der Waals surface area contributed by atoms with Gasteiger partial charge in [0.2, 0.25) is 0 Å². The van der Waals surface area contributed by atoms with E-state index in [9.17, 15) is 0 Å². The molecule has 0 aromatic carbocycles. The Labute approximate surface area is 82.0 Å². The zero-order valence-electron chi connectivity index (χ0n) is 8.47. The molecule has 0 saturated carbocycles. The van der Waals surface area contributed by atoms with Crippen molar-refractivity contribution in [1.82, 2.24) is 4.90 Å². The van der Waals surface area contributed by atoms with E-state index in [1.165, 1.54) is 19.4 Å². The second kappa shape index (κ2) is 3.82. The SMILES string of the molecule is CN1CCCC1P(Cl)C(C)(C)C. The monoisotopic (exact) mass is 207 g/mol. The van der Waals surface area contributed by atoms with Crippen LogP contribution in [0.3, 0.4) is 0 Å². The molecule has 0 radical (unpaired) electrons. The van der Waals surface area contributed by atoms with Gasteiger partial charge in [-0.2, -0.15) is 0 Å². The molecule has 0 amide bonds. The van der Waals surface area contributed by atoms with Crippen LogP contribution in [0.1, 0.15) is 33.6 Å². The van der Waals surface area contributed by atoms with Crippen molar-refractivity contribution < 1.29 is 0 Å². The number of rotatable bonds is 1. The fraction of sp³-hybridized carbons (Fsp3) is 1.00. The van der Waals surface area contributed by atoms with Gasteiger partial charge in [0.15, 0.2) is 0 Å². The standard InChI is InChI=1S/C9H19ClNP/c1-9(2,3)12(10)8-6-5-7-11(8)4/h8H,5-7H2,1-4H3. The van der Waals surface area contributed by atoms with Gasteiger partial charge in [-0.25, -0.2) is 0 Å². The minimum absolute atomic E-state index is 0.292. The van der Waals surface area contributed by atoms with E-state index in [2.05, 4.69) is 32.7 Å². The van der Waals surface area contributed by atoms with Gasteiger partial charge in [0.1, 0.15) is 0 Å². The summed E-state index contributed by atoms with van der Waals surface area (Å²) < 4.78 is 0. The molecule has 0 N–H and O–H groups in total. The summed E-state index contributed by atoms with van der Waals surface area (Å²) in [5.74, 6) is 0.654. The first-order valence-electron chi connectivity index (χ1n) is 4.58. The first-order valence-corrected chi connectivity index (χ1v) is 6.90. The summed E-state index contributed by atoms with van der Waals surface area (Å²) in [5.41, 5.74) is 0. The molecular formula is C9H19ClNP. The summed E-state index contributed by atoms with van der Waals surface area (Å²) in [7, 11) is 1.83. The lowest BCUT2D eigenvalue weighted by molar-refractivity contribution is 0.384. The Hall–Kier alpha value is 0.680. The maximum absolute atomic E-state index is 6.48. The molecule has 1 fully saturated rings. The third-order valence-electron chi connectivity index (χ3n) is 2.38. The molecule has 1 aliphatic heterocycles. The van der Waals surface area contributed by atoms with Crippen LogP contribution in [0.5, 0.6) is 0 Å². The van der Waals surface area contributed by atoms with E-state index < -0.39 is 0 Å². The van der Waals surface area contributed by atoms with Crippen LogP contribution in [-0.4, -0.2) is 29.4 Å². The topological polar surface area (TPSA) is 3.24 Å². The van der Waals surface area contributed by atoms with Crippen molar-refractivity contribution >= 4 is 18.5 Å². The molecule has 0 aliphatic carbocycles. The lowest BCUT2D eigenvalue weighted by Crippen LogP contribution is -2.27. The molecule has 2 atom stereocenters. The van der Waals surface area contributed by atoms with Crippen molar-refractivity contribution in [3.05, 3.63) is 0 Å². The maximum atomic E-state index is 6.48. The predicted octanol–water partition coefficient (Wildman–Crippen LogP) is 3.47. The summed E-state index contributed by atoms with van der Waals surface area (Å²) in [4.78, 5) is 2.42. The summed E-state index contributed by atoms with van der Waals surface area (Å²) in [6.07, 6.45) is 2.62. The smallest absolute Gasteiger partial charge is 0.0439 e. The highest BCUT2D eigenvalue weighted by Gasteiger charge is 2.35. The van der Waals surface area contributed by atoms with Gasteiger partial charge in [0.05, 0.1) is 0 Å². The Morgan fingerprint density at radius 3 is 2.33 bits per heavy atom. The fourth-order valence-corrected chi connectivity index (χ4v) is 4.13. The lowest BCUT2D eigenvalue weighted by Gasteiger charge is -2.33. The van der Waals surface area contributed by atoms with Gasteiger partial charge in [-0.05, 0) is 31.6 Å². The van der Waals surface area contributed by atoms with Gasteiger partial charge in [-0.15, -0.1) is 0 Å². The molecule has 1 saturated heterocycles. The zero-order chi connectivity index (χ0) is 9.35. The zero-order valence-corrected chi connectivity index (χ0v) is 10.1. The van der Waals surface area contributed by atoms with Gasteiger partial charge in [-0.1, -0.05) is 32.0 Å². The van der Waals surface area contributed by atoms with E-state index in [1.54, 1.807) is 0 Å². The minimum atomic E-state index is -0.364. The Morgan fingerprint density at radius 2 is 2.00 bits per heavy atom. The number of nitrogens with zero attached hydrogens (tertiary/aromatic N) is 1. The Bertz CT molecular complexity index is 155. The first-order chi connectivity index (χ1) is 5.43. The molecule has 1 aliphatic rings. The van der Waals surface area contributed by atoms with Crippen molar-refractivity contribution in [2.75, 3.05) is 13.6 Å². The second-order valence-electron chi connectivity index (χ2n) is 4.59. The second-order valence-corrected chi connectivity index (χ2v) is 8.24. The summed E-state index contributed by atoms with van der Waals surface area (Å²) in [6.45, 7) is 7.97. The number of hydrogen-bond donors (Lipinski definition) is 0. The molecule has 72 valence electrons. The van der Waals surface area contributed by atoms with Crippen LogP contribution in [0.15, 0.2) is 0 Å². The summed E-state index contributed by atoms with van der Waals surface area (Å²) >= 11 is 6.48. The molecule has 0 bridgehead atoms. The van der Waals surface area contributed by atoms with E-state index in [0.29, 0.717) is 10.9 Å². The third kappa shape index (κ3) is 2.34. The van der Waals surface area contributed by atoms with E-state index >= 15 is 0 Å². The van der Waals surface area contributed by atoms with Crippen molar-refractivity contribution in [2.45, 2.75) is 44.6 Å². The van der Waals surface area contributed by atoms with Crippen LogP contribution in [0, 0.1) is 0 Å². The molecule has 0 aromatic rings. The van der Waals surface area contributed by atoms with Crippen molar-refractivity contribution in [1.29, 1.82) is 0 Å². The van der Waals surface area contributed by atoms with E-state index in [-0.39, 0.29) is 7.27 Å². The molecular weight excluding hydrogens is 189 g/mol. The van der Waals surface area contributed by atoms with Gasteiger partial charge in [0.25, 0.3) is 0 Å². The van der Waals surface area contributed by atoms with Gasteiger partial charge < -0.3 is 0 Å². The third-order valence-corrected chi connectivity index (χ3v) is 7.04. The fourth-order valence-electron chi connectivity index (χ4n) is 1.63.